The van der Waals surface area contributed by atoms with E-state index in [1.54, 1.807) is 0 Å². The number of hydrogen-bond donors (Lipinski definition) is 0. The zero-order valence-electron chi connectivity index (χ0n) is 39.6. The zero-order valence-corrected chi connectivity index (χ0v) is 39.6. The molecular weight excluding hydrogens is 855 g/mol. The lowest BCUT2D eigenvalue weighted by Gasteiger charge is -2.34. The number of rotatable bonds is 5. The topological polar surface area (TPSA) is 3.24 Å². The second-order valence-electron chi connectivity index (χ2n) is 20.3. The molecule has 1 heteroatoms. The van der Waals surface area contributed by atoms with Crippen molar-refractivity contribution in [2.75, 3.05) is 4.90 Å². The molecule has 0 N–H and O–H groups in total. The smallest absolute Gasteiger partial charge is 0.0726 e. The fraction of sp³-hybridized carbons (Fsp3) is 0.0571. The fourth-order valence-corrected chi connectivity index (χ4v) is 13.4. The van der Waals surface area contributed by atoms with Gasteiger partial charge in [-0.15, -0.1) is 0 Å². The molecule has 71 heavy (non-hydrogen) atoms. The monoisotopic (exact) mass is 901 g/mol. The van der Waals surface area contributed by atoms with Crippen LogP contribution >= 0.6 is 0 Å². The molecule has 0 aromatic heterocycles. The summed E-state index contributed by atoms with van der Waals surface area (Å²) in [6, 6.07) is 93.9. The van der Waals surface area contributed by atoms with E-state index >= 15 is 0 Å². The Morgan fingerprint density at radius 2 is 0.732 bits per heavy atom. The second-order valence-corrected chi connectivity index (χ2v) is 20.3. The lowest BCUT2D eigenvalue weighted by Crippen LogP contribution is -2.26. The van der Waals surface area contributed by atoms with E-state index in [0.29, 0.717) is 0 Å². The Morgan fingerprint density at radius 3 is 1.38 bits per heavy atom. The van der Waals surface area contributed by atoms with Crippen LogP contribution in [-0.2, 0) is 10.8 Å². The van der Waals surface area contributed by atoms with Crippen LogP contribution in [0.2, 0.25) is 0 Å². The van der Waals surface area contributed by atoms with Crippen LogP contribution in [0, 0.1) is 0 Å². The van der Waals surface area contributed by atoms with Gasteiger partial charge in [-0.05, 0) is 152 Å². The molecule has 12 aromatic carbocycles. The lowest BCUT2D eigenvalue weighted by atomic mass is 9.70. The predicted molar refractivity (Wildman–Crippen MR) is 298 cm³/mol. The van der Waals surface area contributed by atoms with Gasteiger partial charge in [0.05, 0.1) is 11.1 Å². The van der Waals surface area contributed by atoms with Gasteiger partial charge in [0.1, 0.15) is 0 Å². The van der Waals surface area contributed by atoms with Gasteiger partial charge < -0.3 is 4.90 Å². The van der Waals surface area contributed by atoms with Crippen molar-refractivity contribution in [3.05, 3.63) is 282 Å². The van der Waals surface area contributed by atoms with Gasteiger partial charge in [-0.3, -0.25) is 0 Å². The van der Waals surface area contributed by atoms with Gasteiger partial charge in [0.25, 0.3) is 0 Å². The van der Waals surface area contributed by atoms with Crippen molar-refractivity contribution in [3.63, 3.8) is 0 Å². The van der Waals surface area contributed by atoms with Crippen LogP contribution in [0.3, 0.4) is 0 Å². The summed E-state index contributed by atoms with van der Waals surface area (Å²) in [4.78, 5) is 2.58. The highest BCUT2D eigenvalue weighted by molar-refractivity contribution is 6.26. The Morgan fingerprint density at radius 1 is 0.268 bits per heavy atom. The van der Waals surface area contributed by atoms with Crippen molar-refractivity contribution in [2.24, 2.45) is 0 Å². The number of hydrogen-bond acceptors (Lipinski definition) is 1. The number of fused-ring (bicyclic) bond motifs is 19. The van der Waals surface area contributed by atoms with E-state index in [0.717, 1.165) is 17.1 Å². The minimum atomic E-state index is -0.532. The number of benzene rings is 12. The van der Waals surface area contributed by atoms with E-state index in [4.69, 9.17) is 0 Å². The minimum absolute atomic E-state index is 0.168. The standard InChI is InChI=1S/C70H47N/c1-69(2)61-33-14-13-31-57(61)68-56(32-19-37-65(68)69)60-42-59-55-30-12-17-36-64(55)70(62-34-15-10-28-53(62)54-29-11-16-35-63(54)70)66(59)43-67(60)71(46-23-18-22-45(40-46)44-20-4-3-5-21-44)47-38-39-52-50-26-7-6-24-48(50)49-25-8-9-27-51(49)58(52)41-47/h3-43H,1-2H3. The maximum atomic E-state index is 2.60. The molecule has 0 amide bonds. The summed E-state index contributed by atoms with van der Waals surface area (Å²) >= 11 is 0. The molecule has 0 atom stereocenters. The van der Waals surface area contributed by atoms with Crippen LogP contribution in [0.1, 0.15) is 47.2 Å². The second kappa shape index (κ2) is 14.9. The van der Waals surface area contributed by atoms with Gasteiger partial charge >= 0.3 is 0 Å². The van der Waals surface area contributed by atoms with Crippen molar-refractivity contribution in [1.29, 1.82) is 0 Å². The molecule has 1 nitrogen and oxygen atoms in total. The first-order valence-corrected chi connectivity index (χ1v) is 25.0. The van der Waals surface area contributed by atoms with Crippen LogP contribution in [0.15, 0.2) is 249 Å². The molecule has 0 saturated heterocycles. The Hall–Kier alpha value is -8.78. The third-order valence-corrected chi connectivity index (χ3v) is 16.4. The van der Waals surface area contributed by atoms with E-state index in [-0.39, 0.29) is 5.41 Å². The summed E-state index contributed by atoms with van der Waals surface area (Å²) in [6.07, 6.45) is 0. The Kier molecular flexibility index (Phi) is 8.40. The third-order valence-electron chi connectivity index (χ3n) is 16.4. The van der Waals surface area contributed by atoms with Crippen LogP contribution in [0.25, 0.3) is 88.0 Å². The average Bonchev–Trinajstić information content (AvgIpc) is 4.00. The first kappa shape index (κ1) is 40.1. The highest BCUT2D eigenvalue weighted by Crippen LogP contribution is 2.65. The summed E-state index contributed by atoms with van der Waals surface area (Å²) in [6.45, 7) is 4.79. The number of nitrogens with zero attached hydrogens (tertiary/aromatic N) is 1. The summed E-state index contributed by atoms with van der Waals surface area (Å²) in [5.74, 6) is 0. The number of anilines is 3. The predicted octanol–water partition coefficient (Wildman–Crippen LogP) is 18.6. The zero-order chi connectivity index (χ0) is 47.0. The Bertz CT molecular complexity index is 4130. The van der Waals surface area contributed by atoms with Crippen molar-refractivity contribution < 1.29 is 0 Å². The van der Waals surface area contributed by atoms with Gasteiger partial charge in [-0.2, -0.15) is 0 Å². The van der Waals surface area contributed by atoms with Crippen LogP contribution in [0.4, 0.5) is 17.1 Å². The van der Waals surface area contributed by atoms with Crippen molar-refractivity contribution in [3.8, 4) is 55.6 Å². The first-order valence-electron chi connectivity index (χ1n) is 25.0. The van der Waals surface area contributed by atoms with Gasteiger partial charge in [0.2, 0.25) is 0 Å². The van der Waals surface area contributed by atoms with Gasteiger partial charge in [-0.25, -0.2) is 0 Å². The molecule has 0 fully saturated rings. The van der Waals surface area contributed by atoms with Crippen molar-refractivity contribution in [1.82, 2.24) is 0 Å². The van der Waals surface area contributed by atoms with Gasteiger partial charge in [0.15, 0.2) is 0 Å². The van der Waals surface area contributed by atoms with E-state index in [1.807, 2.05) is 0 Å². The summed E-state index contributed by atoms with van der Waals surface area (Å²) in [5.41, 5.74) is 23.3. The molecule has 3 aliphatic carbocycles. The minimum Gasteiger partial charge on any atom is -0.310 e. The van der Waals surface area contributed by atoms with E-state index in [2.05, 4.69) is 267 Å². The first-order chi connectivity index (χ1) is 35.0. The molecular formula is C70H47N. The SMILES string of the molecule is CC1(C)c2ccccc2-c2c(-c3cc4c(cc3N(c3cccc(-c5ccccc5)c3)c3ccc5c6ccccc6c6ccccc6c5c3)C3(c5ccccc5-c5ccccc53)c3ccccc3-4)cccc21. The van der Waals surface area contributed by atoms with E-state index in [1.165, 1.54) is 121 Å². The Balaban J connectivity index is 1.11. The Labute approximate surface area is 414 Å². The summed E-state index contributed by atoms with van der Waals surface area (Å²) in [7, 11) is 0. The molecule has 0 bridgehead atoms. The van der Waals surface area contributed by atoms with E-state index < -0.39 is 5.41 Å². The van der Waals surface area contributed by atoms with Crippen molar-refractivity contribution >= 4 is 49.4 Å². The molecule has 12 aromatic rings. The lowest BCUT2D eigenvalue weighted by molar-refractivity contribution is 0.660. The summed E-state index contributed by atoms with van der Waals surface area (Å²) < 4.78 is 0. The van der Waals surface area contributed by atoms with Crippen LogP contribution in [0.5, 0.6) is 0 Å². The molecule has 0 aliphatic heterocycles. The quantitative estimate of drug-likeness (QED) is 0.156. The third kappa shape index (κ3) is 5.46. The van der Waals surface area contributed by atoms with Gasteiger partial charge in [0, 0.05) is 22.4 Å². The highest BCUT2D eigenvalue weighted by Gasteiger charge is 2.52. The largest absolute Gasteiger partial charge is 0.310 e. The molecule has 0 heterocycles. The van der Waals surface area contributed by atoms with Gasteiger partial charge in [-0.1, -0.05) is 226 Å². The van der Waals surface area contributed by atoms with Crippen LogP contribution < -0.4 is 4.90 Å². The molecule has 0 unspecified atom stereocenters. The average molecular weight is 902 g/mol. The van der Waals surface area contributed by atoms with Crippen molar-refractivity contribution in [2.45, 2.75) is 24.7 Å². The maximum Gasteiger partial charge on any atom is 0.0726 e. The maximum absolute atomic E-state index is 2.60. The molecule has 332 valence electrons. The molecule has 0 saturated carbocycles. The molecule has 3 aliphatic rings. The highest BCUT2D eigenvalue weighted by atomic mass is 15.1. The molecule has 15 rings (SSSR count). The van der Waals surface area contributed by atoms with E-state index in [9.17, 15) is 0 Å². The molecule has 0 radical (unpaired) electrons. The summed E-state index contributed by atoms with van der Waals surface area (Å²) in [5, 5.41) is 7.56. The normalized spacial score (nSPS) is 14.0. The molecule has 1 spiro atoms. The van der Waals surface area contributed by atoms with Crippen LogP contribution in [-0.4, -0.2) is 0 Å². The fourth-order valence-electron chi connectivity index (χ4n) is 13.4.